The second-order valence-electron chi connectivity index (χ2n) is 6.44. The zero-order valence-electron chi connectivity index (χ0n) is 12.8. The van der Waals surface area contributed by atoms with E-state index < -0.39 is 0 Å². The van der Waals surface area contributed by atoms with Gasteiger partial charge in [-0.25, -0.2) is 0 Å². The van der Waals surface area contributed by atoms with Crippen molar-refractivity contribution in [2.75, 3.05) is 19.6 Å². The lowest BCUT2D eigenvalue weighted by Crippen LogP contribution is -2.48. The molecule has 0 radical (unpaired) electrons. The SMILES string of the molecule is CC1CCCC(NC(=O)CN2CCCC2CN)C1C.Cl. The molecule has 1 amide bonds. The van der Waals surface area contributed by atoms with E-state index in [0.717, 1.165) is 25.3 Å². The van der Waals surface area contributed by atoms with Gasteiger partial charge in [0.2, 0.25) is 5.91 Å². The van der Waals surface area contributed by atoms with Gasteiger partial charge in [0, 0.05) is 18.6 Å². The second kappa shape index (κ2) is 8.20. The second-order valence-corrected chi connectivity index (χ2v) is 6.44. The number of rotatable bonds is 4. The molecule has 1 aliphatic heterocycles. The van der Waals surface area contributed by atoms with Crippen molar-refractivity contribution >= 4 is 18.3 Å². The third kappa shape index (κ3) is 4.34. The minimum absolute atomic E-state index is 0. The summed E-state index contributed by atoms with van der Waals surface area (Å²) in [6, 6.07) is 0.781. The molecule has 118 valence electrons. The van der Waals surface area contributed by atoms with E-state index in [1.165, 1.54) is 19.3 Å². The first-order chi connectivity index (χ1) is 9.11. The monoisotopic (exact) mass is 303 g/mol. The molecule has 4 nitrogen and oxygen atoms in total. The zero-order chi connectivity index (χ0) is 13.8. The number of nitrogens with two attached hydrogens (primary N) is 1. The summed E-state index contributed by atoms with van der Waals surface area (Å²) in [4.78, 5) is 14.4. The summed E-state index contributed by atoms with van der Waals surface area (Å²) < 4.78 is 0. The summed E-state index contributed by atoms with van der Waals surface area (Å²) in [6.45, 7) is 6.79. The molecule has 0 aromatic rings. The van der Waals surface area contributed by atoms with Crippen LogP contribution in [0.2, 0.25) is 0 Å². The Hall–Kier alpha value is -0.320. The molecule has 0 aromatic heterocycles. The predicted molar refractivity (Wildman–Crippen MR) is 85.0 cm³/mol. The van der Waals surface area contributed by atoms with E-state index >= 15 is 0 Å². The number of carbonyl (C=O) groups is 1. The molecule has 2 fully saturated rings. The van der Waals surface area contributed by atoms with Gasteiger partial charge in [-0.3, -0.25) is 9.69 Å². The molecule has 0 aromatic carbocycles. The maximum absolute atomic E-state index is 12.2. The van der Waals surface area contributed by atoms with Gasteiger partial charge in [-0.1, -0.05) is 26.7 Å². The predicted octanol–water partition coefficient (Wildman–Crippen LogP) is 1.77. The third-order valence-corrected chi connectivity index (χ3v) is 5.17. The number of nitrogens with zero attached hydrogens (tertiary/aromatic N) is 1. The maximum Gasteiger partial charge on any atom is 0.234 e. The molecule has 1 aliphatic carbocycles. The van der Waals surface area contributed by atoms with E-state index in [2.05, 4.69) is 24.1 Å². The summed E-state index contributed by atoms with van der Waals surface area (Å²) in [5.41, 5.74) is 5.75. The molecule has 4 unspecified atom stereocenters. The van der Waals surface area contributed by atoms with Crippen LogP contribution in [0.4, 0.5) is 0 Å². The molecule has 2 rings (SSSR count). The number of amides is 1. The van der Waals surface area contributed by atoms with Crippen LogP contribution in [-0.2, 0) is 4.79 Å². The first kappa shape index (κ1) is 17.7. The topological polar surface area (TPSA) is 58.4 Å². The van der Waals surface area contributed by atoms with Crippen LogP contribution in [0.3, 0.4) is 0 Å². The van der Waals surface area contributed by atoms with Crippen LogP contribution in [0.1, 0.15) is 46.0 Å². The van der Waals surface area contributed by atoms with Crippen LogP contribution >= 0.6 is 12.4 Å². The van der Waals surface area contributed by atoms with E-state index in [9.17, 15) is 4.79 Å². The summed E-state index contributed by atoms with van der Waals surface area (Å²) >= 11 is 0. The van der Waals surface area contributed by atoms with Crippen molar-refractivity contribution in [2.45, 2.75) is 58.0 Å². The minimum Gasteiger partial charge on any atom is -0.352 e. The quantitative estimate of drug-likeness (QED) is 0.832. The summed E-state index contributed by atoms with van der Waals surface area (Å²) in [6.07, 6.45) is 5.99. The molecular weight excluding hydrogens is 274 g/mol. The molecule has 4 atom stereocenters. The molecule has 20 heavy (non-hydrogen) atoms. The minimum atomic E-state index is 0. The molecule has 2 aliphatic rings. The largest absolute Gasteiger partial charge is 0.352 e. The highest BCUT2D eigenvalue weighted by Gasteiger charge is 2.30. The first-order valence-corrected chi connectivity index (χ1v) is 7.85. The van der Waals surface area contributed by atoms with E-state index in [1.54, 1.807) is 0 Å². The van der Waals surface area contributed by atoms with Gasteiger partial charge in [-0.15, -0.1) is 12.4 Å². The smallest absolute Gasteiger partial charge is 0.234 e. The summed E-state index contributed by atoms with van der Waals surface area (Å²) in [7, 11) is 0. The Kier molecular flexibility index (Phi) is 7.27. The van der Waals surface area contributed by atoms with Crippen molar-refractivity contribution in [3.05, 3.63) is 0 Å². The molecule has 5 heteroatoms. The van der Waals surface area contributed by atoms with Crippen LogP contribution in [0.5, 0.6) is 0 Å². The summed E-state index contributed by atoms with van der Waals surface area (Å²) in [5.74, 6) is 1.51. The normalized spacial score (nSPS) is 34.5. The molecule has 1 saturated carbocycles. The molecule has 1 heterocycles. The molecule has 1 saturated heterocycles. The lowest BCUT2D eigenvalue weighted by atomic mass is 9.78. The number of carbonyl (C=O) groups excluding carboxylic acids is 1. The van der Waals surface area contributed by atoms with Crippen LogP contribution in [0, 0.1) is 11.8 Å². The molecule has 0 spiro atoms. The van der Waals surface area contributed by atoms with Crippen molar-refractivity contribution in [3.63, 3.8) is 0 Å². The molecular formula is C15H30ClN3O. The van der Waals surface area contributed by atoms with Crippen LogP contribution in [0.15, 0.2) is 0 Å². The summed E-state index contributed by atoms with van der Waals surface area (Å²) in [5, 5.41) is 3.25. The van der Waals surface area contributed by atoms with Crippen LogP contribution in [0.25, 0.3) is 0 Å². The Morgan fingerprint density at radius 2 is 2.00 bits per heavy atom. The Balaban J connectivity index is 0.00000200. The Bertz CT molecular complexity index is 313. The van der Waals surface area contributed by atoms with Crippen LogP contribution < -0.4 is 11.1 Å². The fourth-order valence-electron chi connectivity index (χ4n) is 3.59. The lowest BCUT2D eigenvalue weighted by molar-refractivity contribution is -0.123. The Labute approximate surface area is 129 Å². The molecule has 0 bridgehead atoms. The van der Waals surface area contributed by atoms with Crippen molar-refractivity contribution in [2.24, 2.45) is 17.6 Å². The van der Waals surface area contributed by atoms with Gasteiger partial charge in [0.1, 0.15) is 0 Å². The molecule has 3 N–H and O–H groups in total. The van der Waals surface area contributed by atoms with Gasteiger partial charge in [0.25, 0.3) is 0 Å². The van der Waals surface area contributed by atoms with Gasteiger partial charge < -0.3 is 11.1 Å². The average Bonchev–Trinajstić information content (AvgIpc) is 2.82. The van der Waals surface area contributed by atoms with E-state index in [4.69, 9.17) is 5.73 Å². The van der Waals surface area contributed by atoms with Gasteiger partial charge >= 0.3 is 0 Å². The maximum atomic E-state index is 12.2. The van der Waals surface area contributed by atoms with E-state index in [-0.39, 0.29) is 18.3 Å². The van der Waals surface area contributed by atoms with Crippen molar-refractivity contribution < 1.29 is 4.79 Å². The van der Waals surface area contributed by atoms with E-state index in [0.29, 0.717) is 31.1 Å². The first-order valence-electron chi connectivity index (χ1n) is 7.85. The number of nitrogens with one attached hydrogen (secondary N) is 1. The van der Waals surface area contributed by atoms with Crippen molar-refractivity contribution in [3.8, 4) is 0 Å². The number of likely N-dealkylation sites (tertiary alicyclic amines) is 1. The number of hydrogen-bond donors (Lipinski definition) is 2. The number of hydrogen-bond acceptors (Lipinski definition) is 3. The van der Waals surface area contributed by atoms with Crippen molar-refractivity contribution in [1.82, 2.24) is 10.2 Å². The highest BCUT2D eigenvalue weighted by atomic mass is 35.5. The van der Waals surface area contributed by atoms with Gasteiger partial charge in [-0.2, -0.15) is 0 Å². The fraction of sp³-hybridized carbons (Fsp3) is 0.933. The van der Waals surface area contributed by atoms with Gasteiger partial charge in [-0.05, 0) is 37.6 Å². The zero-order valence-corrected chi connectivity index (χ0v) is 13.6. The lowest BCUT2D eigenvalue weighted by Gasteiger charge is -2.35. The van der Waals surface area contributed by atoms with Gasteiger partial charge in [0.05, 0.1) is 6.54 Å². The standard InChI is InChI=1S/C15H29N3O.ClH/c1-11-5-3-7-14(12(11)2)17-15(19)10-18-8-4-6-13(18)9-16;/h11-14H,3-10,16H2,1-2H3,(H,17,19);1H. The highest BCUT2D eigenvalue weighted by molar-refractivity contribution is 5.85. The van der Waals surface area contributed by atoms with Gasteiger partial charge in [0.15, 0.2) is 0 Å². The number of halogens is 1. The van der Waals surface area contributed by atoms with Crippen LogP contribution in [-0.4, -0.2) is 42.5 Å². The van der Waals surface area contributed by atoms with E-state index in [1.807, 2.05) is 0 Å². The Morgan fingerprint density at radius 1 is 1.25 bits per heavy atom. The highest BCUT2D eigenvalue weighted by Crippen LogP contribution is 2.29. The third-order valence-electron chi connectivity index (χ3n) is 5.17. The Morgan fingerprint density at radius 3 is 2.70 bits per heavy atom. The van der Waals surface area contributed by atoms with Crippen molar-refractivity contribution in [1.29, 1.82) is 0 Å². The fourth-order valence-corrected chi connectivity index (χ4v) is 3.59. The average molecular weight is 304 g/mol.